The average molecular weight is 368 g/mol. The number of benzene rings is 1. The van der Waals surface area contributed by atoms with E-state index in [9.17, 15) is 10.1 Å². The van der Waals surface area contributed by atoms with E-state index in [1.54, 1.807) is 6.07 Å². The molecule has 1 aromatic carbocycles. The number of hydrogen-bond donors (Lipinski definition) is 1. The highest BCUT2D eigenvalue weighted by Gasteiger charge is 2.17. The molecule has 0 aliphatic rings. The zero-order valence-corrected chi connectivity index (χ0v) is 13.8. The number of nitro groups is 1. The lowest BCUT2D eigenvalue weighted by molar-refractivity contribution is -0.388. The summed E-state index contributed by atoms with van der Waals surface area (Å²) < 4.78 is 0.965. The topological polar surface area (TPSA) is 68.1 Å². The van der Waals surface area contributed by atoms with Crippen LogP contribution in [0.3, 0.4) is 0 Å². The van der Waals surface area contributed by atoms with Crippen LogP contribution in [0.15, 0.2) is 50.8 Å². The van der Waals surface area contributed by atoms with Crippen molar-refractivity contribution < 1.29 is 4.92 Å². The van der Waals surface area contributed by atoms with Gasteiger partial charge in [-0.05, 0) is 36.8 Å². The molecular weight excluding hydrogens is 354 g/mol. The molecule has 0 aliphatic heterocycles. The quantitative estimate of drug-likeness (QED) is 0.590. The SMILES string of the molecule is CCCNc1ccc([N+](=O)[O-])c(Sc2ccc(Br)cc2)n1. The van der Waals surface area contributed by atoms with Crippen molar-refractivity contribution in [1.29, 1.82) is 0 Å². The maximum Gasteiger partial charge on any atom is 0.301 e. The lowest BCUT2D eigenvalue weighted by atomic mass is 10.4. The Morgan fingerprint density at radius 1 is 1.29 bits per heavy atom. The Balaban J connectivity index is 2.29. The molecule has 2 aromatic rings. The highest BCUT2D eigenvalue weighted by atomic mass is 79.9. The molecule has 0 aliphatic carbocycles. The van der Waals surface area contributed by atoms with Gasteiger partial charge in [0.15, 0.2) is 5.03 Å². The monoisotopic (exact) mass is 367 g/mol. The Labute approximate surface area is 135 Å². The van der Waals surface area contributed by atoms with Crippen LogP contribution in [0.1, 0.15) is 13.3 Å². The van der Waals surface area contributed by atoms with Crippen LogP contribution < -0.4 is 5.32 Å². The van der Waals surface area contributed by atoms with E-state index in [0.29, 0.717) is 10.8 Å². The molecule has 1 N–H and O–H groups in total. The first-order valence-corrected chi connectivity index (χ1v) is 8.04. The van der Waals surface area contributed by atoms with Gasteiger partial charge in [0.25, 0.3) is 0 Å². The third kappa shape index (κ3) is 4.44. The van der Waals surface area contributed by atoms with Gasteiger partial charge < -0.3 is 5.32 Å². The molecule has 0 unspecified atom stereocenters. The third-order valence-electron chi connectivity index (χ3n) is 2.62. The van der Waals surface area contributed by atoms with E-state index >= 15 is 0 Å². The third-order valence-corrected chi connectivity index (χ3v) is 4.15. The number of pyridine rings is 1. The molecule has 0 amide bonds. The molecule has 0 spiro atoms. The lowest BCUT2D eigenvalue weighted by Gasteiger charge is -2.07. The van der Waals surface area contributed by atoms with Gasteiger partial charge in [-0.1, -0.05) is 34.6 Å². The molecule has 1 aromatic heterocycles. The maximum absolute atomic E-state index is 11.1. The number of anilines is 1. The first-order chi connectivity index (χ1) is 10.1. The molecule has 0 saturated carbocycles. The Hall–Kier alpha value is -1.60. The van der Waals surface area contributed by atoms with Gasteiger partial charge in [-0.3, -0.25) is 10.1 Å². The smallest absolute Gasteiger partial charge is 0.301 e. The number of halogens is 1. The summed E-state index contributed by atoms with van der Waals surface area (Å²) in [4.78, 5) is 16.0. The standard InChI is InChI=1S/C14H14BrN3O2S/c1-2-9-16-13-8-7-12(18(19)20)14(17-13)21-11-5-3-10(15)4-6-11/h3-8H,2,9H2,1H3,(H,16,17). The lowest BCUT2D eigenvalue weighted by Crippen LogP contribution is -2.03. The minimum Gasteiger partial charge on any atom is -0.370 e. The highest BCUT2D eigenvalue weighted by Crippen LogP contribution is 2.34. The Kier molecular flexibility index (Phi) is 5.58. The second-order valence-corrected chi connectivity index (χ2v) is 6.24. The number of rotatable bonds is 6. The summed E-state index contributed by atoms with van der Waals surface area (Å²) in [5, 5.41) is 14.6. The van der Waals surface area contributed by atoms with Crippen molar-refractivity contribution in [3.8, 4) is 0 Å². The van der Waals surface area contributed by atoms with Gasteiger partial charge in [-0.25, -0.2) is 4.98 Å². The molecule has 0 fully saturated rings. The van der Waals surface area contributed by atoms with Crippen molar-refractivity contribution in [3.05, 3.63) is 51.0 Å². The van der Waals surface area contributed by atoms with Crippen molar-refractivity contribution in [2.24, 2.45) is 0 Å². The largest absolute Gasteiger partial charge is 0.370 e. The van der Waals surface area contributed by atoms with E-state index in [0.717, 1.165) is 22.3 Å². The molecule has 0 radical (unpaired) electrons. The van der Waals surface area contributed by atoms with Crippen LogP contribution in [-0.2, 0) is 0 Å². The van der Waals surface area contributed by atoms with Crippen molar-refractivity contribution in [2.45, 2.75) is 23.3 Å². The summed E-state index contributed by atoms with van der Waals surface area (Å²) in [7, 11) is 0. The molecule has 7 heteroatoms. The Morgan fingerprint density at radius 2 is 2.00 bits per heavy atom. The number of nitrogens with zero attached hydrogens (tertiary/aromatic N) is 2. The van der Waals surface area contributed by atoms with Crippen LogP contribution in [0.5, 0.6) is 0 Å². The van der Waals surface area contributed by atoms with Crippen LogP contribution in [-0.4, -0.2) is 16.5 Å². The fraction of sp³-hybridized carbons (Fsp3) is 0.214. The minimum atomic E-state index is -0.405. The zero-order valence-electron chi connectivity index (χ0n) is 11.4. The van der Waals surface area contributed by atoms with Crippen LogP contribution in [0.2, 0.25) is 0 Å². The summed E-state index contributed by atoms with van der Waals surface area (Å²) in [6.45, 7) is 2.84. The minimum absolute atomic E-state index is 0.0185. The van der Waals surface area contributed by atoms with Crippen molar-refractivity contribution >= 4 is 39.2 Å². The van der Waals surface area contributed by atoms with Gasteiger partial charge in [0, 0.05) is 22.0 Å². The number of hydrogen-bond acceptors (Lipinski definition) is 5. The fourth-order valence-electron chi connectivity index (χ4n) is 1.61. The zero-order chi connectivity index (χ0) is 15.2. The van der Waals surface area contributed by atoms with Gasteiger partial charge in [-0.15, -0.1) is 0 Å². The van der Waals surface area contributed by atoms with E-state index < -0.39 is 4.92 Å². The molecule has 2 rings (SSSR count). The normalized spacial score (nSPS) is 10.4. The van der Waals surface area contributed by atoms with Crippen molar-refractivity contribution in [3.63, 3.8) is 0 Å². The summed E-state index contributed by atoms with van der Waals surface area (Å²) in [5.74, 6) is 0.655. The molecule has 110 valence electrons. The number of aromatic nitrogens is 1. The van der Waals surface area contributed by atoms with Crippen LogP contribution >= 0.6 is 27.7 Å². The average Bonchev–Trinajstić information content (AvgIpc) is 2.47. The molecule has 5 nitrogen and oxygen atoms in total. The second kappa shape index (κ2) is 7.42. The van der Waals surface area contributed by atoms with Gasteiger partial charge in [0.2, 0.25) is 0 Å². The molecule has 0 saturated heterocycles. The highest BCUT2D eigenvalue weighted by molar-refractivity contribution is 9.10. The maximum atomic E-state index is 11.1. The van der Waals surface area contributed by atoms with Gasteiger partial charge >= 0.3 is 5.69 Å². The van der Waals surface area contributed by atoms with Crippen LogP contribution in [0.4, 0.5) is 11.5 Å². The van der Waals surface area contributed by atoms with Gasteiger partial charge in [0.05, 0.1) is 4.92 Å². The summed E-state index contributed by atoms with van der Waals surface area (Å²) >= 11 is 4.65. The second-order valence-electron chi connectivity index (χ2n) is 4.26. The van der Waals surface area contributed by atoms with E-state index in [4.69, 9.17) is 0 Å². The van der Waals surface area contributed by atoms with Crippen molar-refractivity contribution in [2.75, 3.05) is 11.9 Å². The predicted octanol–water partition coefficient (Wildman–Crippen LogP) is 4.73. The summed E-state index contributed by atoms with van der Waals surface area (Å²) in [6.07, 6.45) is 0.966. The Morgan fingerprint density at radius 3 is 2.62 bits per heavy atom. The first-order valence-electron chi connectivity index (χ1n) is 6.43. The first kappa shape index (κ1) is 15.8. The molecule has 1 heterocycles. The van der Waals surface area contributed by atoms with Gasteiger partial charge in [-0.2, -0.15) is 0 Å². The predicted molar refractivity (Wildman–Crippen MR) is 87.9 cm³/mol. The van der Waals surface area contributed by atoms with E-state index in [1.807, 2.05) is 24.3 Å². The summed E-state index contributed by atoms with van der Waals surface area (Å²) in [5.41, 5.74) is 0.0185. The van der Waals surface area contributed by atoms with E-state index in [1.165, 1.54) is 17.8 Å². The number of nitrogens with one attached hydrogen (secondary N) is 1. The van der Waals surface area contributed by atoms with E-state index in [-0.39, 0.29) is 5.69 Å². The van der Waals surface area contributed by atoms with Crippen LogP contribution in [0.25, 0.3) is 0 Å². The van der Waals surface area contributed by atoms with Crippen LogP contribution in [0, 0.1) is 10.1 Å². The molecule has 21 heavy (non-hydrogen) atoms. The molecule has 0 atom stereocenters. The summed E-state index contributed by atoms with van der Waals surface area (Å²) in [6, 6.07) is 10.7. The molecule has 0 bridgehead atoms. The Bertz CT molecular complexity index is 635. The fourth-order valence-corrected chi connectivity index (χ4v) is 2.76. The van der Waals surface area contributed by atoms with Crippen molar-refractivity contribution in [1.82, 2.24) is 4.98 Å². The van der Waals surface area contributed by atoms with E-state index in [2.05, 4.69) is 33.2 Å². The van der Waals surface area contributed by atoms with Gasteiger partial charge in [0.1, 0.15) is 5.82 Å². The molecular formula is C14H14BrN3O2S.